The van der Waals surface area contributed by atoms with Crippen LogP contribution in [-0.2, 0) is 7.05 Å². The SMILES string of the molecule is CNC(C)c1c(C)c2c(Cl)ccc(OC)c2n1C. The van der Waals surface area contributed by atoms with Gasteiger partial charge in [0, 0.05) is 24.2 Å². The number of rotatable bonds is 3. The van der Waals surface area contributed by atoms with Crippen molar-refractivity contribution in [1.29, 1.82) is 0 Å². The largest absolute Gasteiger partial charge is 0.495 e. The Balaban J connectivity index is 2.88. The van der Waals surface area contributed by atoms with Gasteiger partial charge >= 0.3 is 0 Å². The first-order valence-corrected chi connectivity index (χ1v) is 6.39. The summed E-state index contributed by atoms with van der Waals surface area (Å²) in [5.74, 6) is 0.856. The third kappa shape index (κ3) is 1.78. The van der Waals surface area contributed by atoms with Crippen molar-refractivity contribution in [2.75, 3.05) is 14.2 Å². The zero-order valence-corrected chi connectivity index (χ0v) is 12.2. The fourth-order valence-corrected chi connectivity index (χ4v) is 2.95. The van der Waals surface area contributed by atoms with Gasteiger partial charge in [-0.25, -0.2) is 0 Å². The summed E-state index contributed by atoms with van der Waals surface area (Å²) in [6.07, 6.45) is 0. The maximum Gasteiger partial charge on any atom is 0.143 e. The molecule has 0 aliphatic heterocycles. The lowest BCUT2D eigenvalue weighted by molar-refractivity contribution is 0.417. The third-order valence-electron chi connectivity index (χ3n) is 3.61. The molecule has 1 aromatic heterocycles. The van der Waals surface area contributed by atoms with Crippen LogP contribution in [-0.4, -0.2) is 18.7 Å². The van der Waals surface area contributed by atoms with Crippen molar-refractivity contribution in [2.45, 2.75) is 19.9 Å². The van der Waals surface area contributed by atoms with Gasteiger partial charge in [0.05, 0.1) is 17.6 Å². The number of nitrogens with one attached hydrogen (secondary N) is 1. The number of halogens is 1. The third-order valence-corrected chi connectivity index (χ3v) is 3.92. The molecule has 0 spiro atoms. The second-order valence-corrected chi connectivity index (χ2v) is 4.96. The van der Waals surface area contributed by atoms with E-state index in [2.05, 4.69) is 30.8 Å². The van der Waals surface area contributed by atoms with Crippen LogP contribution < -0.4 is 10.1 Å². The zero-order valence-electron chi connectivity index (χ0n) is 11.5. The van der Waals surface area contributed by atoms with E-state index in [0.29, 0.717) is 0 Å². The van der Waals surface area contributed by atoms with E-state index in [4.69, 9.17) is 16.3 Å². The average Bonchev–Trinajstić information content (AvgIpc) is 2.63. The molecule has 2 aromatic rings. The summed E-state index contributed by atoms with van der Waals surface area (Å²) in [4.78, 5) is 0. The molecule has 0 bridgehead atoms. The van der Waals surface area contributed by atoms with Crippen molar-refractivity contribution in [3.8, 4) is 5.75 Å². The number of ether oxygens (including phenoxy) is 1. The second-order valence-electron chi connectivity index (χ2n) is 4.55. The number of aryl methyl sites for hydroxylation is 2. The van der Waals surface area contributed by atoms with Crippen molar-refractivity contribution in [1.82, 2.24) is 9.88 Å². The van der Waals surface area contributed by atoms with Crippen molar-refractivity contribution in [3.05, 3.63) is 28.4 Å². The number of hydrogen-bond donors (Lipinski definition) is 1. The minimum Gasteiger partial charge on any atom is -0.495 e. The molecule has 1 atom stereocenters. The normalized spacial score (nSPS) is 13.0. The lowest BCUT2D eigenvalue weighted by Gasteiger charge is -2.14. The van der Waals surface area contributed by atoms with E-state index in [1.54, 1.807) is 7.11 Å². The van der Waals surface area contributed by atoms with Gasteiger partial charge in [0.15, 0.2) is 0 Å². The van der Waals surface area contributed by atoms with Gasteiger partial charge in [-0.05, 0) is 38.6 Å². The van der Waals surface area contributed by atoms with Gasteiger partial charge in [0.25, 0.3) is 0 Å². The highest BCUT2D eigenvalue weighted by Gasteiger charge is 2.20. The van der Waals surface area contributed by atoms with Crippen LogP contribution in [0.3, 0.4) is 0 Å². The molecule has 0 radical (unpaired) electrons. The van der Waals surface area contributed by atoms with Crippen molar-refractivity contribution >= 4 is 22.5 Å². The van der Waals surface area contributed by atoms with Gasteiger partial charge in [-0.2, -0.15) is 0 Å². The zero-order chi connectivity index (χ0) is 13.4. The molecule has 1 unspecified atom stereocenters. The lowest BCUT2D eigenvalue weighted by Crippen LogP contribution is -2.16. The summed E-state index contributed by atoms with van der Waals surface area (Å²) in [6, 6.07) is 4.07. The number of hydrogen-bond acceptors (Lipinski definition) is 2. The summed E-state index contributed by atoms with van der Waals surface area (Å²) in [7, 11) is 5.70. The van der Waals surface area contributed by atoms with E-state index >= 15 is 0 Å². The monoisotopic (exact) mass is 266 g/mol. The Labute approximate surface area is 113 Å². The summed E-state index contributed by atoms with van der Waals surface area (Å²) < 4.78 is 7.61. The second kappa shape index (κ2) is 4.82. The molecule has 2 rings (SSSR count). The molecular formula is C14H19ClN2O. The number of aromatic nitrogens is 1. The van der Waals surface area contributed by atoms with Crippen LogP contribution in [0.5, 0.6) is 5.75 Å². The van der Waals surface area contributed by atoms with Crippen LogP contribution in [0.25, 0.3) is 10.9 Å². The molecule has 0 saturated heterocycles. The van der Waals surface area contributed by atoms with Crippen LogP contribution in [0.2, 0.25) is 5.02 Å². The predicted molar refractivity (Wildman–Crippen MR) is 76.7 cm³/mol. The molecule has 98 valence electrons. The van der Waals surface area contributed by atoms with Gasteiger partial charge in [0.1, 0.15) is 5.75 Å². The Morgan fingerprint density at radius 2 is 2.06 bits per heavy atom. The number of fused-ring (bicyclic) bond motifs is 1. The summed E-state index contributed by atoms with van der Waals surface area (Å²) >= 11 is 6.34. The molecule has 3 nitrogen and oxygen atoms in total. The minimum atomic E-state index is 0.267. The molecule has 1 aromatic carbocycles. The Bertz CT molecular complexity index is 589. The Morgan fingerprint density at radius 3 is 2.61 bits per heavy atom. The molecule has 0 aliphatic carbocycles. The first-order valence-electron chi connectivity index (χ1n) is 6.01. The molecule has 1 heterocycles. The van der Waals surface area contributed by atoms with E-state index in [1.807, 2.05) is 19.2 Å². The van der Waals surface area contributed by atoms with Crippen LogP contribution >= 0.6 is 11.6 Å². The lowest BCUT2D eigenvalue weighted by atomic mass is 10.1. The van der Waals surface area contributed by atoms with Crippen LogP contribution in [0.4, 0.5) is 0 Å². The summed E-state index contributed by atoms with van der Waals surface area (Å²) in [6.45, 7) is 4.25. The van der Waals surface area contributed by atoms with Gasteiger partial charge < -0.3 is 14.6 Å². The van der Waals surface area contributed by atoms with E-state index in [-0.39, 0.29) is 6.04 Å². The maximum absolute atomic E-state index is 6.34. The minimum absolute atomic E-state index is 0.267. The number of nitrogens with zero attached hydrogens (tertiary/aromatic N) is 1. The van der Waals surface area contributed by atoms with E-state index in [0.717, 1.165) is 21.7 Å². The maximum atomic E-state index is 6.34. The molecule has 0 saturated carbocycles. The highest BCUT2D eigenvalue weighted by Crippen LogP contribution is 2.38. The topological polar surface area (TPSA) is 26.2 Å². The number of benzene rings is 1. The molecule has 18 heavy (non-hydrogen) atoms. The Morgan fingerprint density at radius 1 is 1.39 bits per heavy atom. The highest BCUT2D eigenvalue weighted by atomic mass is 35.5. The molecule has 0 aliphatic rings. The van der Waals surface area contributed by atoms with E-state index < -0.39 is 0 Å². The van der Waals surface area contributed by atoms with Crippen LogP contribution in [0, 0.1) is 6.92 Å². The molecule has 1 N–H and O–H groups in total. The fraction of sp³-hybridized carbons (Fsp3) is 0.429. The summed E-state index contributed by atoms with van der Waals surface area (Å²) in [5, 5.41) is 5.13. The first kappa shape index (κ1) is 13.2. The van der Waals surface area contributed by atoms with Gasteiger partial charge in [-0.1, -0.05) is 11.6 Å². The average molecular weight is 267 g/mol. The van der Waals surface area contributed by atoms with Crippen molar-refractivity contribution in [3.63, 3.8) is 0 Å². The van der Waals surface area contributed by atoms with E-state index in [1.165, 1.54) is 11.3 Å². The smallest absolute Gasteiger partial charge is 0.143 e. The molecule has 4 heteroatoms. The van der Waals surface area contributed by atoms with Crippen molar-refractivity contribution in [2.24, 2.45) is 7.05 Å². The predicted octanol–water partition coefficient (Wildman–Crippen LogP) is 3.43. The van der Waals surface area contributed by atoms with Gasteiger partial charge in [-0.3, -0.25) is 0 Å². The quantitative estimate of drug-likeness (QED) is 0.921. The molecule has 0 fully saturated rings. The Kier molecular flexibility index (Phi) is 3.55. The standard InChI is InChI=1S/C14H19ClN2O/c1-8-12-10(15)6-7-11(18-5)14(12)17(4)13(8)9(2)16-3/h6-7,9,16H,1-5H3. The molecule has 0 amide bonds. The van der Waals surface area contributed by atoms with Crippen LogP contribution in [0.1, 0.15) is 24.2 Å². The Hall–Kier alpha value is -1.19. The fourth-order valence-electron chi connectivity index (χ4n) is 2.65. The van der Waals surface area contributed by atoms with Crippen molar-refractivity contribution < 1.29 is 4.74 Å². The van der Waals surface area contributed by atoms with E-state index in [9.17, 15) is 0 Å². The highest BCUT2D eigenvalue weighted by molar-refractivity contribution is 6.36. The van der Waals surface area contributed by atoms with Gasteiger partial charge in [0.2, 0.25) is 0 Å². The number of methoxy groups -OCH3 is 1. The first-order chi connectivity index (χ1) is 8.52. The summed E-state index contributed by atoms with van der Waals surface area (Å²) in [5.41, 5.74) is 3.50. The van der Waals surface area contributed by atoms with Gasteiger partial charge in [-0.15, -0.1) is 0 Å². The molecular weight excluding hydrogens is 248 g/mol. The van der Waals surface area contributed by atoms with Crippen LogP contribution in [0.15, 0.2) is 12.1 Å².